The van der Waals surface area contributed by atoms with Crippen LogP contribution in [0.5, 0.6) is 0 Å². The van der Waals surface area contributed by atoms with Crippen LogP contribution in [0.2, 0.25) is 0 Å². The van der Waals surface area contributed by atoms with E-state index in [1.807, 2.05) is 6.92 Å². The highest BCUT2D eigenvalue weighted by Gasteiger charge is 2.21. The van der Waals surface area contributed by atoms with Gasteiger partial charge in [-0.25, -0.2) is 4.63 Å². The summed E-state index contributed by atoms with van der Waals surface area (Å²) >= 11 is 0. The van der Waals surface area contributed by atoms with Gasteiger partial charge in [0.1, 0.15) is 0 Å². The van der Waals surface area contributed by atoms with E-state index in [1.165, 1.54) is 4.90 Å². The van der Waals surface area contributed by atoms with E-state index >= 15 is 0 Å². The first-order chi connectivity index (χ1) is 7.70. The first kappa shape index (κ1) is 12.4. The summed E-state index contributed by atoms with van der Waals surface area (Å²) in [5, 5.41) is 15.7. The van der Waals surface area contributed by atoms with Crippen LogP contribution >= 0.6 is 0 Å². The van der Waals surface area contributed by atoms with Gasteiger partial charge in [0, 0.05) is 13.1 Å². The lowest BCUT2D eigenvalue weighted by Crippen LogP contribution is -2.35. The van der Waals surface area contributed by atoms with E-state index in [0.717, 1.165) is 12.8 Å². The maximum Gasteiger partial charge on any atom is 0.280 e. The van der Waals surface area contributed by atoms with Crippen LogP contribution in [-0.2, 0) is 0 Å². The zero-order valence-electron chi connectivity index (χ0n) is 9.22. The summed E-state index contributed by atoms with van der Waals surface area (Å²) in [6.07, 6.45) is 1.82. The molecule has 1 amide bonds. The van der Waals surface area contributed by atoms with Gasteiger partial charge in [-0.05, 0) is 16.7 Å². The Kier molecular flexibility index (Phi) is 4.71. The molecule has 0 aliphatic rings. The number of carbonyl (C=O) groups is 1. The first-order valence-corrected chi connectivity index (χ1v) is 5.18. The van der Waals surface area contributed by atoms with Crippen LogP contribution in [-0.4, -0.2) is 45.9 Å². The molecule has 0 spiro atoms. The number of nitrogens with two attached hydrogens (primary N) is 1. The number of nitrogens with zero attached hydrogens (tertiary/aromatic N) is 3. The van der Waals surface area contributed by atoms with Gasteiger partial charge in [0.15, 0.2) is 0 Å². The standard InChI is InChI=1S/C9H16N4O3/c1-2-3-4-13(5-6-14)9(15)7-8(10)12-16-11-7/h14H,2-6H2,1H3,(H2,10,12). The van der Waals surface area contributed by atoms with Gasteiger partial charge < -0.3 is 15.7 Å². The average molecular weight is 228 g/mol. The Bertz CT molecular complexity index is 339. The predicted octanol–water partition coefficient (Wildman–Crippen LogP) is -0.114. The van der Waals surface area contributed by atoms with E-state index < -0.39 is 0 Å². The number of unbranched alkanes of at least 4 members (excludes halogenated alkanes) is 1. The van der Waals surface area contributed by atoms with E-state index in [0.29, 0.717) is 6.54 Å². The quantitative estimate of drug-likeness (QED) is 0.703. The lowest BCUT2D eigenvalue weighted by molar-refractivity contribution is 0.0709. The maximum absolute atomic E-state index is 11.9. The third-order valence-corrected chi connectivity index (χ3v) is 2.16. The minimum absolute atomic E-state index is 0.00422. The Labute approximate surface area is 93.2 Å². The predicted molar refractivity (Wildman–Crippen MR) is 56.6 cm³/mol. The number of hydrogen-bond donors (Lipinski definition) is 2. The average Bonchev–Trinajstić information content (AvgIpc) is 2.69. The Morgan fingerprint density at radius 3 is 2.75 bits per heavy atom. The molecule has 1 heterocycles. The minimum atomic E-state index is -0.360. The number of anilines is 1. The molecule has 7 nitrogen and oxygen atoms in total. The van der Waals surface area contributed by atoms with E-state index in [1.54, 1.807) is 0 Å². The third kappa shape index (κ3) is 2.93. The number of nitrogen functional groups attached to an aromatic ring is 1. The Morgan fingerprint density at radius 1 is 1.50 bits per heavy atom. The molecule has 0 fully saturated rings. The van der Waals surface area contributed by atoms with Crippen LogP contribution in [0.15, 0.2) is 4.63 Å². The molecule has 0 saturated heterocycles. The maximum atomic E-state index is 11.9. The smallest absolute Gasteiger partial charge is 0.280 e. The van der Waals surface area contributed by atoms with E-state index in [9.17, 15) is 4.79 Å². The second kappa shape index (κ2) is 6.06. The van der Waals surface area contributed by atoms with Crippen LogP contribution in [0.4, 0.5) is 5.82 Å². The molecule has 1 aromatic heterocycles. The van der Waals surface area contributed by atoms with Crippen molar-refractivity contribution in [3.63, 3.8) is 0 Å². The molecule has 0 atom stereocenters. The van der Waals surface area contributed by atoms with Gasteiger partial charge in [-0.3, -0.25) is 4.79 Å². The number of carbonyl (C=O) groups excluding carboxylic acids is 1. The Morgan fingerprint density at radius 2 is 2.25 bits per heavy atom. The molecule has 1 aromatic rings. The van der Waals surface area contributed by atoms with Crippen LogP contribution < -0.4 is 5.73 Å². The lowest BCUT2D eigenvalue weighted by Gasteiger charge is -2.19. The van der Waals surface area contributed by atoms with Crippen molar-refractivity contribution in [2.45, 2.75) is 19.8 Å². The van der Waals surface area contributed by atoms with Gasteiger partial charge in [0.25, 0.3) is 5.91 Å². The molecule has 90 valence electrons. The minimum Gasteiger partial charge on any atom is -0.395 e. The zero-order valence-corrected chi connectivity index (χ0v) is 9.22. The van der Waals surface area contributed by atoms with Crippen LogP contribution in [0.1, 0.15) is 30.3 Å². The van der Waals surface area contributed by atoms with E-state index in [2.05, 4.69) is 14.9 Å². The van der Waals surface area contributed by atoms with E-state index in [4.69, 9.17) is 10.8 Å². The first-order valence-electron chi connectivity index (χ1n) is 5.18. The second-order valence-electron chi connectivity index (χ2n) is 3.37. The normalized spacial score (nSPS) is 10.4. The molecule has 0 aliphatic heterocycles. The molecule has 7 heteroatoms. The summed E-state index contributed by atoms with van der Waals surface area (Å²) in [5.41, 5.74) is 5.43. The number of rotatable bonds is 6. The molecule has 0 radical (unpaired) electrons. The van der Waals surface area contributed by atoms with Crippen LogP contribution in [0.3, 0.4) is 0 Å². The van der Waals surface area contributed by atoms with Gasteiger partial charge >= 0.3 is 0 Å². The van der Waals surface area contributed by atoms with Crippen molar-refractivity contribution in [1.29, 1.82) is 0 Å². The van der Waals surface area contributed by atoms with Gasteiger partial charge in [-0.15, -0.1) is 0 Å². The molecule has 0 aromatic carbocycles. The summed E-state index contributed by atoms with van der Waals surface area (Å²) in [6, 6.07) is 0. The Hall–Kier alpha value is -1.63. The third-order valence-electron chi connectivity index (χ3n) is 2.16. The summed E-state index contributed by atoms with van der Waals surface area (Å²) in [7, 11) is 0. The summed E-state index contributed by atoms with van der Waals surface area (Å²) in [4.78, 5) is 13.4. The highest BCUT2D eigenvalue weighted by Crippen LogP contribution is 2.09. The van der Waals surface area contributed by atoms with Gasteiger partial charge in [-0.1, -0.05) is 13.3 Å². The number of hydrogen-bond acceptors (Lipinski definition) is 6. The van der Waals surface area contributed by atoms with Crippen LogP contribution in [0.25, 0.3) is 0 Å². The highest BCUT2D eigenvalue weighted by molar-refractivity contribution is 5.96. The summed E-state index contributed by atoms with van der Waals surface area (Å²) in [6.45, 7) is 2.74. The molecular weight excluding hydrogens is 212 g/mol. The van der Waals surface area contributed by atoms with Crippen molar-refractivity contribution in [3.8, 4) is 0 Å². The molecular formula is C9H16N4O3. The number of amides is 1. The van der Waals surface area contributed by atoms with Gasteiger partial charge in [0.2, 0.25) is 11.5 Å². The van der Waals surface area contributed by atoms with Gasteiger partial charge in [-0.2, -0.15) is 0 Å². The topological polar surface area (TPSA) is 105 Å². The van der Waals surface area contributed by atoms with Crippen molar-refractivity contribution >= 4 is 11.7 Å². The molecule has 0 saturated carbocycles. The van der Waals surface area contributed by atoms with Crippen molar-refractivity contribution in [3.05, 3.63) is 5.69 Å². The molecule has 0 unspecified atom stereocenters. The zero-order chi connectivity index (χ0) is 12.0. The fraction of sp³-hybridized carbons (Fsp3) is 0.667. The van der Waals surface area contributed by atoms with Crippen molar-refractivity contribution < 1.29 is 14.5 Å². The number of aromatic nitrogens is 2. The SMILES string of the molecule is CCCCN(CCO)C(=O)c1nonc1N. The highest BCUT2D eigenvalue weighted by atomic mass is 16.6. The lowest BCUT2D eigenvalue weighted by atomic mass is 10.3. The molecule has 16 heavy (non-hydrogen) atoms. The van der Waals surface area contributed by atoms with Crippen LogP contribution in [0, 0.1) is 0 Å². The summed E-state index contributed by atoms with van der Waals surface area (Å²) in [5.74, 6) is -0.384. The second-order valence-corrected chi connectivity index (χ2v) is 3.37. The van der Waals surface area contributed by atoms with Crippen molar-refractivity contribution in [2.24, 2.45) is 0 Å². The largest absolute Gasteiger partial charge is 0.395 e. The Balaban J connectivity index is 2.70. The van der Waals surface area contributed by atoms with Crippen molar-refractivity contribution in [1.82, 2.24) is 15.2 Å². The fourth-order valence-corrected chi connectivity index (χ4v) is 1.28. The molecule has 0 aliphatic carbocycles. The van der Waals surface area contributed by atoms with Gasteiger partial charge in [0.05, 0.1) is 6.61 Å². The molecule has 1 rings (SSSR count). The monoisotopic (exact) mass is 228 g/mol. The molecule has 0 bridgehead atoms. The van der Waals surface area contributed by atoms with Crippen molar-refractivity contribution in [2.75, 3.05) is 25.4 Å². The van der Waals surface area contributed by atoms with E-state index in [-0.39, 0.29) is 30.6 Å². The summed E-state index contributed by atoms with van der Waals surface area (Å²) < 4.78 is 4.36. The molecule has 3 N–H and O–H groups in total. The fourth-order valence-electron chi connectivity index (χ4n) is 1.28. The number of aliphatic hydroxyl groups excluding tert-OH is 1. The number of aliphatic hydroxyl groups is 1.